The van der Waals surface area contributed by atoms with Gasteiger partial charge < -0.3 is 14.2 Å². The van der Waals surface area contributed by atoms with Crippen LogP contribution in [0.15, 0.2) is 29.2 Å². The molecule has 6 atom stereocenters. The number of fused-ring (bicyclic) bond motifs is 1. The summed E-state index contributed by atoms with van der Waals surface area (Å²) in [5.74, 6) is -3.58. The number of ether oxygens (including phenoxy) is 3. The molecule has 2 aromatic carbocycles. The molecule has 2 aromatic rings. The van der Waals surface area contributed by atoms with E-state index in [-0.39, 0.29) is 21.8 Å². The molecule has 5 rings (SSSR count). The van der Waals surface area contributed by atoms with Gasteiger partial charge in [-0.2, -0.15) is 8.42 Å². The van der Waals surface area contributed by atoms with Gasteiger partial charge in [-0.1, -0.05) is 13.8 Å². The lowest BCUT2D eigenvalue weighted by Crippen LogP contribution is -2.48. The van der Waals surface area contributed by atoms with Crippen molar-refractivity contribution in [2.45, 2.75) is 54.3 Å². The number of halogens is 3. The second kappa shape index (κ2) is 10.9. The Morgan fingerprint density at radius 2 is 1.79 bits per heavy atom. The van der Waals surface area contributed by atoms with Crippen molar-refractivity contribution in [2.24, 2.45) is 11.8 Å². The number of aryl methyl sites for hydroxylation is 1. The number of esters is 3. The molecule has 39 heavy (non-hydrogen) atoms. The van der Waals surface area contributed by atoms with Crippen LogP contribution in [0, 0.1) is 29.5 Å². The fraction of sp³-hybridized carbons (Fsp3) is 0.400. The maximum Gasteiger partial charge on any atom is 0.339 e. The minimum absolute atomic E-state index is 0.128. The van der Waals surface area contributed by atoms with Gasteiger partial charge in [0.05, 0.1) is 32.8 Å². The summed E-state index contributed by atoms with van der Waals surface area (Å²) in [6.45, 7) is 5.06. The highest BCUT2D eigenvalue weighted by Crippen LogP contribution is 2.59. The summed E-state index contributed by atoms with van der Waals surface area (Å²) in [6.07, 6.45) is -1.47. The van der Waals surface area contributed by atoms with Gasteiger partial charge in [-0.15, -0.1) is 11.8 Å². The van der Waals surface area contributed by atoms with Crippen LogP contribution in [0.25, 0.3) is 0 Å². The Balaban J connectivity index is 1.43. The molecule has 6 unspecified atom stereocenters. The second-order valence-electron chi connectivity index (χ2n) is 9.84. The summed E-state index contributed by atoms with van der Waals surface area (Å²) in [6, 6.07) is 6.36. The molecule has 1 N–H and O–H groups in total. The quantitative estimate of drug-likeness (QED) is 0.140. The minimum atomic E-state index is -4.49. The van der Waals surface area contributed by atoms with Crippen LogP contribution in [0.2, 0.25) is 0 Å². The van der Waals surface area contributed by atoms with Gasteiger partial charge >= 0.3 is 17.9 Å². The van der Waals surface area contributed by atoms with E-state index < -0.39 is 57.3 Å². The van der Waals surface area contributed by atoms with Gasteiger partial charge in [0.1, 0.15) is 5.75 Å². The minimum Gasteiger partial charge on any atom is -0.457 e. The summed E-state index contributed by atoms with van der Waals surface area (Å²) >= 11 is 7.75. The fourth-order valence-electron chi connectivity index (χ4n) is 5.27. The molecule has 2 bridgehead atoms. The van der Waals surface area contributed by atoms with Crippen LogP contribution in [-0.4, -0.2) is 53.6 Å². The van der Waals surface area contributed by atoms with Crippen molar-refractivity contribution in [3.05, 3.63) is 51.7 Å². The number of hydrogen-bond acceptors (Lipinski definition) is 9. The van der Waals surface area contributed by atoms with E-state index in [9.17, 15) is 27.4 Å². The molecule has 3 aliphatic heterocycles. The molecule has 0 aromatic heterocycles. The average Bonchev–Trinajstić information content (AvgIpc) is 3.45. The smallest absolute Gasteiger partial charge is 0.339 e. The van der Waals surface area contributed by atoms with E-state index in [0.717, 1.165) is 10.7 Å². The molecule has 14 heteroatoms. The maximum absolute atomic E-state index is 13.5. The highest BCUT2D eigenvalue weighted by molar-refractivity contribution is 14.1. The van der Waals surface area contributed by atoms with Crippen molar-refractivity contribution < 1.29 is 41.6 Å². The number of benzene rings is 2. The Kier molecular flexibility index (Phi) is 8.29. The van der Waals surface area contributed by atoms with E-state index in [2.05, 4.69) is 67.8 Å². The zero-order chi connectivity index (χ0) is 28.5. The molecule has 0 amide bonds. The number of carbonyl (C=O) groups is 3. The second-order valence-corrected chi connectivity index (χ2v) is 16.1. The highest BCUT2D eigenvalue weighted by Gasteiger charge is 2.71. The van der Waals surface area contributed by atoms with Gasteiger partial charge in [0.25, 0.3) is 10.1 Å². The monoisotopic (exact) mass is 910 g/mol. The van der Waals surface area contributed by atoms with Gasteiger partial charge in [-0.25, -0.2) is 4.79 Å². The first-order valence-electron chi connectivity index (χ1n) is 11.7. The normalized spacial score (nSPS) is 27.1. The summed E-state index contributed by atoms with van der Waals surface area (Å²) in [5, 5.41) is -0.892. The SMILES string of the molecule is Cc1cc(S(=O)(=O)O)c(C(C)C)cc1OC(=O)C1C2SC3C(OC(=O)C31)C2OC(=O)c1cc(I)cc(I)c1I. The molecule has 3 saturated heterocycles. The lowest BCUT2D eigenvalue weighted by atomic mass is 9.78. The van der Waals surface area contributed by atoms with Crippen LogP contribution >= 0.6 is 79.5 Å². The van der Waals surface area contributed by atoms with Gasteiger partial charge in [0, 0.05) is 10.7 Å². The molecule has 0 spiro atoms. The van der Waals surface area contributed by atoms with Crippen LogP contribution in [0.3, 0.4) is 0 Å². The van der Waals surface area contributed by atoms with Crippen molar-refractivity contribution in [3.8, 4) is 5.75 Å². The van der Waals surface area contributed by atoms with Gasteiger partial charge in [0.15, 0.2) is 12.2 Å². The van der Waals surface area contributed by atoms with Crippen molar-refractivity contribution in [3.63, 3.8) is 0 Å². The number of hydrogen-bond donors (Lipinski definition) is 1. The van der Waals surface area contributed by atoms with Crippen LogP contribution in [0.1, 0.15) is 41.3 Å². The molecule has 0 saturated carbocycles. The van der Waals surface area contributed by atoms with E-state index in [1.54, 1.807) is 26.8 Å². The zero-order valence-electron chi connectivity index (χ0n) is 20.5. The summed E-state index contributed by atoms with van der Waals surface area (Å²) in [4.78, 5) is 39.3. The maximum atomic E-state index is 13.5. The number of carbonyl (C=O) groups excluding carboxylic acids is 3. The van der Waals surface area contributed by atoms with Crippen LogP contribution in [-0.2, 0) is 29.2 Å². The molecule has 208 valence electrons. The lowest BCUT2D eigenvalue weighted by molar-refractivity contribution is -0.149. The molecule has 3 fully saturated rings. The number of thioether (sulfide) groups is 1. The molecular formula is C25H21I3O9S2. The van der Waals surface area contributed by atoms with Crippen LogP contribution in [0.5, 0.6) is 5.75 Å². The molecule has 0 radical (unpaired) electrons. The van der Waals surface area contributed by atoms with Crippen molar-refractivity contribution >= 4 is 108 Å². The largest absolute Gasteiger partial charge is 0.457 e. The molecule has 3 aliphatic rings. The molecule has 0 aliphatic carbocycles. The molecule has 9 nitrogen and oxygen atoms in total. The van der Waals surface area contributed by atoms with Crippen LogP contribution < -0.4 is 4.74 Å². The van der Waals surface area contributed by atoms with Gasteiger partial charge in [-0.3, -0.25) is 14.1 Å². The Morgan fingerprint density at radius 3 is 2.44 bits per heavy atom. The Hall–Kier alpha value is -0.700. The summed E-state index contributed by atoms with van der Waals surface area (Å²) in [7, 11) is -4.49. The topological polar surface area (TPSA) is 133 Å². The van der Waals surface area contributed by atoms with E-state index in [1.807, 2.05) is 6.07 Å². The number of rotatable bonds is 6. The first kappa shape index (κ1) is 29.8. The van der Waals surface area contributed by atoms with Gasteiger partial charge in [0.2, 0.25) is 0 Å². The van der Waals surface area contributed by atoms with Crippen molar-refractivity contribution in [1.29, 1.82) is 0 Å². The first-order chi connectivity index (χ1) is 18.2. The lowest BCUT2D eigenvalue weighted by Gasteiger charge is -2.29. The zero-order valence-corrected chi connectivity index (χ0v) is 28.6. The van der Waals surface area contributed by atoms with Crippen molar-refractivity contribution in [1.82, 2.24) is 0 Å². The fourth-order valence-corrected chi connectivity index (χ4v) is 10.6. The Morgan fingerprint density at radius 1 is 1.10 bits per heavy atom. The third-order valence-corrected chi connectivity index (χ3v) is 13.4. The van der Waals surface area contributed by atoms with Gasteiger partial charge in [-0.05, 0) is 116 Å². The Labute approximate surface area is 270 Å². The van der Waals surface area contributed by atoms with E-state index >= 15 is 0 Å². The van der Waals surface area contributed by atoms with E-state index in [4.69, 9.17) is 14.2 Å². The third-order valence-electron chi connectivity index (χ3n) is 7.05. The molecular weight excluding hydrogens is 889 g/mol. The Bertz CT molecular complexity index is 1530. The summed E-state index contributed by atoms with van der Waals surface area (Å²) in [5.41, 5.74) is 1.02. The standard InChI is InChI=1S/C25H21I3O9S2/c1-8(2)11-7-14(9(3)4-15(11)39(32,33)34)35-24(30)16-17-22-20(37-25(17)31)19(21(16)38-22)36-23(29)12-5-10(26)6-13(27)18(12)28/h4-8,16-17,19-22H,1-3H3,(H,32,33,34). The highest BCUT2D eigenvalue weighted by atomic mass is 127. The van der Waals surface area contributed by atoms with E-state index in [1.165, 1.54) is 23.9 Å². The predicted octanol–water partition coefficient (Wildman–Crippen LogP) is 4.97. The predicted molar refractivity (Wildman–Crippen MR) is 167 cm³/mol. The first-order valence-corrected chi connectivity index (χ1v) is 17.4. The van der Waals surface area contributed by atoms with E-state index in [0.29, 0.717) is 16.7 Å². The summed E-state index contributed by atoms with van der Waals surface area (Å²) < 4.78 is 53.2. The van der Waals surface area contributed by atoms with Crippen molar-refractivity contribution in [2.75, 3.05) is 0 Å². The van der Waals surface area contributed by atoms with Crippen LogP contribution in [0.4, 0.5) is 0 Å². The average molecular weight is 910 g/mol. The molecule has 3 heterocycles. The third kappa shape index (κ3) is 5.34.